The molecule has 28 heavy (non-hydrogen) atoms. The van der Waals surface area contributed by atoms with Crippen LogP contribution in [0.15, 0.2) is 53.4 Å². The van der Waals surface area contributed by atoms with E-state index in [0.717, 1.165) is 32.5 Å². The third-order valence-electron chi connectivity index (χ3n) is 4.44. The molecule has 0 aliphatic carbocycles. The first-order valence-electron chi connectivity index (χ1n) is 9.12. The van der Waals surface area contributed by atoms with Gasteiger partial charge in [0, 0.05) is 34.8 Å². The average molecular weight is 441 g/mol. The number of likely N-dealkylation sites (tertiary alicyclic amines) is 1. The third kappa shape index (κ3) is 6.89. The molecule has 0 saturated carbocycles. The minimum Gasteiger partial charge on any atom is -0.410 e. The number of nitrogens with zero attached hydrogens (tertiary/aromatic N) is 2. The quantitative estimate of drug-likeness (QED) is 0.607. The monoisotopic (exact) mass is 440 g/mol. The van der Waals surface area contributed by atoms with Gasteiger partial charge in [-0.3, -0.25) is 0 Å². The summed E-state index contributed by atoms with van der Waals surface area (Å²) in [5.74, 6) is 0.527. The Balaban J connectivity index is 0.00000280. The maximum atomic E-state index is 12.3. The van der Waals surface area contributed by atoms with Gasteiger partial charge in [-0.15, -0.1) is 24.2 Å². The summed E-state index contributed by atoms with van der Waals surface area (Å²) in [5.41, 5.74) is 1.32. The van der Waals surface area contributed by atoms with Crippen molar-refractivity contribution in [1.29, 1.82) is 0 Å². The predicted octanol–water partition coefficient (Wildman–Crippen LogP) is 5.58. The van der Waals surface area contributed by atoms with Crippen LogP contribution in [0.25, 0.3) is 0 Å². The molecule has 1 heterocycles. The van der Waals surface area contributed by atoms with Crippen molar-refractivity contribution >= 4 is 41.9 Å². The number of benzene rings is 2. The molecule has 1 fully saturated rings. The van der Waals surface area contributed by atoms with E-state index >= 15 is 0 Å². The number of piperidine rings is 1. The number of hydrogen-bond donors (Lipinski definition) is 0. The molecule has 3 rings (SSSR count). The van der Waals surface area contributed by atoms with Crippen LogP contribution in [0, 0.1) is 0 Å². The SMILES string of the molecule is CN(C)Cc1ccc(SC2CCN(C(=O)Oc3ccc(Cl)cc3)CC2)cc1.Cl. The summed E-state index contributed by atoms with van der Waals surface area (Å²) in [6.07, 6.45) is 1.66. The number of halogens is 2. The highest BCUT2D eigenvalue weighted by Crippen LogP contribution is 2.31. The number of thioether (sulfide) groups is 1. The van der Waals surface area contributed by atoms with Gasteiger partial charge in [-0.05, 0) is 68.9 Å². The van der Waals surface area contributed by atoms with E-state index in [1.807, 2.05) is 11.8 Å². The van der Waals surface area contributed by atoms with Crippen molar-refractivity contribution in [3.05, 3.63) is 59.1 Å². The summed E-state index contributed by atoms with van der Waals surface area (Å²) >= 11 is 7.76. The summed E-state index contributed by atoms with van der Waals surface area (Å²) in [7, 11) is 4.16. The van der Waals surface area contributed by atoms with Crippen molar-refractivity contribution in [3.63, 3.8) is 0 Å². The zero-order valence-electron chi connectivity index (χ0n) is 16.1. The van der Waals surface area contributed by atoms with Crippen LogP contribution in [-0.2, 0) is 6.54 Å². The average Bonchev–Trinajstić information content (AvgIpc) is 2.65. The topological polar surface area (TPSA) is 32.8 Å². The van der Waals surface area contributed by atoms with Gasteiger partial charge in [0.2, 0.25) is 0 Å². The maximum Gasteiger partial charge on any atom is 0.415 e. The molecule has 0 unspecified atom stereocenters. The van der Waals surface area contributed by atoms with Gasteiger partial charge in [0.1, 0.15) is 5.75 Å². The largest absolute Gasteiger partial charge is 0.415 e. The highest BCUT2D eigenvalue weighted by molar-refractivity contribution is 8.00. The molecular weight excluding hydrogens is 415 g/mol. The second-order valence-electron chi connectivity index (χ2n) is 7.01. The molecule has 0 N–H and O–H groups in total. The zero-order chi connectivity index (χ0) is 19.2. The van der Waals surface area contributed by atoms with Crippen molar-refractivity contribution in [2.75, 3.05) is 27.2 Å². The van der Waals surface area contributed by atoms with Gasteiger partial charge in [-0.2, -0.15) is 0 Å². The van der Waals surface area contributed by atoms with Crippen molar-refractivity contribution in [1.82, 2.24) is 9.80 Å². The Hall–Kier alpha value is -1.40. The van der Waals surface area contributed by atoms with Gasteiger partial charge < -0.3 is 14.5 Å². The highest BCUT2D eigenvalue weighted by atomic mass is 35.5. The molecule has 2 aromatic carbocycles. The first-order chi connectivity index (χ1) is 13.0. The first kappa shape index (κ1) is 22.9. The van der Waals surface area contributed by atoms with Gasteiger partial charge >= 0.3 is 6.09 Å². The number of amides is 1. The van der Waals surface area contributed by atoms with Crippen LogP contribution in [0.3, 0.4) is 0 Å². The first-order valence-corrected chi connectivity index (χ1v) is 10.4. The summed E-state index contributed by atoms with van der Waals surface area (Å²) in [5, 5.41) is 1.16. The van der Waals surface area contributed by atoms with E-state index < -0.39 is 0 Å². The molecule has 0 spiro atoms. The van der Waals surface area contributed by atoms with Gasteiger partial charge in [0.15, 0.2) is 0 Å². The fourth-order valence-corrected chi connectivity index (χ4v) is 4.31. The molecule has 1 amide bonds. The molecule has 7 heteroatoms. The molecule has 0 radical (unpaired) electrons. The summed E-state index contributed by atoms with van der Waals surface area (Å²) in [4.78, 5) is 17.5. The molecule has 0 aromatic heterocycles. The molecule has 0 atom stereocenters. The Labute approximate surface area is 182 Å². The van der Waals surface area contributed by atoms with Gasteiger partial charge in [-0.1, -0.05) is 23.7 Å². The number of carbonyl (C=O) groups excluding carboxylic acids is 1. The number of ether oxygens (including phenoxy) is 1. The molecule has 2 aromatic rings. The van der Waals surface area contributed by atoms with Crippen molar-refractivity contribution < 1.29 is 9.53 Å². The highest BCUT2D eigenvalue weighted by Gasteiger charge is 2.24. The summed E-state index contributed by atoms with van der Waals surface area (Å²) in [6.45, 7) is 2.41. The Kier molecular flexibility index (Phi) is 8.96. The fraction of sp³-hybridized carbons (Fsp3) is 0.381. The normalized spacial score (nSPS) is 14.6. The van der Waals surface area contributed by atoms with E-state index in [0.29, 0.717) is 16.0 Å². The van der Waals surface area contributed by atoms with Crippen LogP contribution >= 0.6 is 35.8 Å². The molecule has 4 nitrogen and oxygen atoms in total. The van der Waals surface area contributed by atoms with Crippen LogP contribution in [0.1, 0.15) is 18.4 Å². The lowest BCUT2D eigenvalue weighted by atomic mass is 10.1. The molecule has 1 aliphatic heterocycles. The molecule has 1 saturated heterocycles. The number of hydrogen-bond acceptors (Lipinski definition) is 4. The Bertz CT molecular complexity index is 746. The molecular formula is C21H26Cl2N2O2S. The molecule has 0 bridgehead atoms. The van der Waals surface area contributed by atoms with Gasteiger partial charge in [0.25, 0.3) is 0 Å². The predicted molar refractivity (Wildman–Crippen MR) is 119 cm³/mol. The summed E-state index contributed by atoms with van der Waals surface area (Å²) < 4.78 is 5.42. The second-order valence-corrected chi connectivity index (χ2v) is 8.82. The smallest absolute Gasteiger partial charge is 0.410 e. The third-order valence-corrected chi connectivity index (χ3v) is 6.04. The van der Waals surface area contributed by atoms with Crippen LogP contribution < -0.4 is 4.74 Å². The minimum atomic E-state index is -0.284. The fourth-order valence-electron chi connectivity index (χ4n) is 3.06. The van der Waals surface area contributed by atoms with E-state index in [4.69, 9.17) is 16.3 Å². The van der Waals surface area contributed by atoms with Crippen molar-refractivity contribution in [2.24, 2.45) is 0 Å². The van der Waals surface area contributed by atoms with Crippen LogP contribution in [0.4, 0.5) is 4.79 Å². The number of carbonyl (C=O) groups is 1. The van der Waals surface area contributed by atoms with Crippen molar-refractivity contribution in [2.45, 2.75) is 29.5 Å². The second kappa shape index (κ2) is 11.0. The maximum absolute atomic E-state index is 12.3. The van der Waals surface area contributed by atoms with Crippen LogP contribution in [-0.4, -0.2) is 48.3 Å². The van der Waals surface area contributed by atoms with E-state index in [9.17, 15) is 4.79 Å². The molecule has 152 valence electrons. The standard InChI is InChI=1S/C21H25ClN2O2S.ClH/c1-23(2)15-16-3-9-19(10-4-16)27-20-11-13-24(14-12-20)21(25)26-18-7-5-17(22)6-8-18;/h3-10,20H,11-15H2,1-2H3;1H. The minimum absolute atomic E-state index is 0. The summed E-state index contributed by atoms with van der Waals surface area (Å²) in [6, 6.07) is 15.6. The van der Waals surface area contributed by atoms with Gasteiger partial charge in [0.05, 0.1) is 0 Å². The number of rotatable bonds is 5. The Morgan fingerprint density at radius 3 is 2.29 bits per heavy atom. The van der Waals surface area contributed by atoms with Gasteiger partial charge in [-0.25, -0.2) is 4.79 Å². The van der Waals surface area contributed by atoms with E-state index in [1.165, 1.54) is 10.5 Å². The van der Waals surface area contributed by atoms with Crippen LogP contribution in [0.2, 0.25) is 5.02 Å². The lowest BCUT2D eigenvalue weighted by Gasteiger charge is -2.30. The lowest BCUT2D eigenvalue weighted by molar-refractivity contribution is 0.143. The molecule has 1 aliphatic rings. The Morgan fingerprint density at radius 1 is 1.11 bits per heavy atom. The Morgan fingerprint density at radius 2 is 1.71 bits per heavy atom. The van der Waals surface area contributed by atoms with Crippen molar-refractivity contribution in [3.8, 4) is 5.75 Å². The lowest BCUT2D eigenvalue weighted by Crippen LogP contribution is -2.40. The van der Waals surface area contributed by atoms with Crippen LogP contribution in [0.5, 0.6) is 5.75 Å². The van der Waals surface area contributed by atoms with E-state index in [-0.39, 0.29) is 18.5 Å². The van der Waals surface area contributed by atoms with E-state index in [2.05, 4.69) is 43.3 Å². The van der Waals surface area contributed by atoms with E-state index in [1.54, 1.807) is 29.2 Å². The zero-order valence-corrected chi connectivity index (χ0v) is 18.5.